The minimum absolute atomic E-state index is 0.00107. The molecule has 13 nitrogen and oxygen atoms in total. The average molecular weight is 404 g/mol. The van der Waals surface area contributed by atoms with Gasteiger partial charge in [0.1, 0.15) is 24.9 Å². The zero-order valence-corrected chi connectivity index (χ0v) is 14.6. The normalized spacial score (nSPS) is 25.8. The van der Waals surface area contributed by atoms with Crippen LogP contribution in [-0.4, -0.2) is 76.2 Å². The molecule has 5 N–H and O–H groups in total. The number of hydrogen-bond acceptors (Lipinski definition) is 10. The number of aliphatic hydroxyl groups is 2. The molecule has 3 heterocycles. The summed E-state index contributed by atoms with van der Waals surface area (Å²) < 4.78 is 27.0. The van der Waals surface area contributed by atoms with Crippen LogP contribution in [-0.2, 0) is 13.8 Å². The number of aliphatic hydroxyl groups excluding tert-OH is 2. The molecule has 0 aromatic carbocycles. The van der Waals surface area contributed by atoms with Crippen molar-refractivity contribution in [2.75, 3.05) is 13.2 Å². The van der Waals surface area contributed by atoms with Crippen molar-refractivity contribution in [2.45, 2.75) is 24.5 Å². The lowest BCUT2D eigenvalue weighted by atomic mass is 10.1. The highest BCUT2D eigenvalue weighted by Gasteiger charge is 2.45. The third-order valence-corrected chi connectivity index (χ3v) is 4.22. The molecule has 0 amide bonds. The van der Waals surface area contributed by atoms with Crippen molar-refractivity contribution in [3.63, 3.8) is 0 Å². The monoisotopic (exact) mass is 404 g/mol. The molecule has 27 heavy (non-hydrogen) atoms. The van der Waals surface area contributed by atoms with Gasteiger partial charge in [0.15, 0.2) is 17.4 Å². The molecule has 0 spiro atoms. The van der Waals surface area contributed by atoms with Gasteiger partial charge in [0.25, 0.3) is 0 Å². The van der Waals surface area contributed by atoms with Gasteiger partial charge in [0.2, 0.25) is 5.88 Å². The Morgan fingerprint density at radius 2 is 2.07 bits per heavy atom. The Labute approximate surface area is 151 Å². The molecule has 1 aliphatic heterocycles. The first-order valence-corrected chi connectivity index (χ1v) is 9.13. The summed E-state index contributed by atoms with van der Waals surface area (Å²) >= 11 is 0. The highest BCUT2D eigenvalue weighted by atomic mass is 31.2. The zero-order valence-electron chi connectivity index (χ0n) is 13.7. The van der Waals surface area contributed by atoms with Crippen molar-refractivity contribution in [2.24, 2.45) is 0 Å². The van der Waals surface area contributed by atoms with E-state index in [1.807, 2.05) is 0 Å². The Morgan fingerprint density at radius 3 is 2.74 bits per heavy atom. The van der Waals surface area contributed by atoms with Crippen molar-refractivity contribution in [1.82, 2.24) is 19.5 Å². The van der Waals surface area contributed by atoms with Crippen LogP contribution in [0.1, 0.15) is 6.23 Å². The molecular formula is C13H17N4O9P. The smallest absolute Gasteiger partial charge is 0.469 e. The molecule has 0 aliphatic carbocycles. The van der Waals surface area contributed by atoms with Crippen LogP contribution in [0.3, 0.4) is 0 Å². The van der Waals surface area contributed by atoms with Crippen molar-refractivity contribution in [3.8, 4) is 11.9 Å². The van der Waals surface area contributed by atoms with E-state index in [0.717, 1.165) is 0 Å². The van der Waals surface area contributed by atoms with E-state index in [2.05, 4.69) is 26.1 Å². The fourth-order valence-electron chi connectivity index (χ4n) is 2.53. The van der Waals surface area contributed by atoms with Crippen molar-refractivity contribution in [1.29, 1.82) is 0 Å². The number of aromatic hydroxyl groups is 1. The van der Waals surface area contributed by atoms with E-state index in [0.29, 0.717) is 0 Å². The zero-order chi connectivity index (χ0) is 19.8. The summed E-state index contributed by atoms with van der Waals surface area (Å²) in [5.41, 5.74) is 0.0514. The molecular weight excluding hydrogens is 387 g/mol. The van der Waals surface area contributed by atoms with Gasteiger partial charge in [-0.3, -0.25) is 9.09 Å². The van der Waals surface area contributed by atoms with E-state index in [1.165, 1.54) is 17.0 Å². The maximum absolute atomic E-state index is 10.8. The minimum Gasteiger partial charge on any atom is -0.492 e. The van der Waals surface area contributed by atoms with E-state index in [-0.39, 0.29) is 23.8 Å². The van der Waals surface area contributed by atoms with Crippen LogP contribution in [0.5, 0.6) is 11.9 Å². The van der Waals surface area contributed by atoms with Gasteiger partial charge >= 0.3 is 13.8 Å². The number of fused-ring (bicyclic) bond motifs is 1. The first-order chi connectivity index (χ1) is 12.7. The second-order valence-corrected chi connectivity index (χ2v) is 6.83. The summed E-state index contributed by atoms with van der Waals surface area (Å²) in [7, 11) is -4.78. The van der Waals surface area contributed by atoms with E-state index in [9.17, 15) is 19.9 Å². The molecule has 1 saturated heterocycles. The predicted molar refractivity (Wildman–Crippen MR) is 86.6 cm³/mol. The summed E-state index contributed by atoms with van der Waals surface area (Å²) in [6, 6.07) is -0.170. The SMILES string of the molecule is C=CCOc1nc(O)c2ncn([C@@H]3O[C@H](COP(=O)(O)O)[C@@H](O)[C@H]3O)c2n1. The summed E-state index contributed by atoms with van der Waals surface area (Å²) in [6.07, 6.45) is -2.76. The third-order valence-electron chi connectivity index (χ3n) is 3.73. The molecule has 0 saturated carbocycles. The van der Waals surface area contributed by atoms with Gasteiger partial charge in [0, 0.05) is 0 Å². The molecule has 3 rings (SSSR count). The first kappa shape index (κ1) is 19.6. The molecule has 0 unspecified atom stereocenters. The number of nitrogens with zero attached hydrogens (tertiary/aromatic N) is 4. The Morgan fingerprint density at radius 1 is 1.33 bits per heavy atom. The minimum atomic E-state index is -4.78. The highest BCUT2D eigenvalue weighted by molar-refractivity contribution is 7.46. The molecule has 0 radical (unpaired) electrons. The molecule has 1 fully saturated rings. The largest absolute Gasteiger partial charge is 0.492 e. The summed E-state index contributed by atoms with van der Waals surface area (Å²) in [6.45, 7) is 2.92. The van der Waals surface area contributed by atoms with Gasteiger partial charge in [-0.1, -0.05) is 12.7 Å². The topological polar surface area (TPSA) is 190 Å². The molecule has 4 atom stereocenters. The van der Waals surface area contributed by atoms with Gasteiger partial charge in [-0.25, -0.2) is 9.55 Å². The van der Waals surface area contributed by atoms with Crippen molar-refractivity contribution in [3.05, 3.63) is 19.0 Å². The van der Waals surface area contributed by atoms with Gasteiger partial charge in [0.05, 0.1) is 12.9 Å². The van der Waals surface area contributed by atoms with Gasteiger partial charge in [-0.05, 0) is 0 Å². The lowest BCUT2D eigenvalue weighted by Crippen LogP contribution is -2.33. The fraction of sp³-hybridized carbons (Fsp3) is 0.462. The van der Waals surface area contributed by atoms with E-state index < -0.39 is 44.8 Å². The lowest BCUT2D eigenvalue weighted by Gasteiger charge is -2.16. The van der Waals surface area contributed by atoms with Gasteiger partial charge in [-0.2, -0.15) is 9.97 Å². The first-order valence-electron chi connectivity index (χ1n) is 7.60. The molecule has 14 heteroatoms. The number of hydrogen-bond donors (Lipinski definition) is 5. The molecule has 148 valence electrons. The quantitative estimate of drug-likeness (QED) is 0.275. The van der Waals surface area contributed by atoms with Crippen LogP contribution < -0.4 is 4.74 Å². The van der Waals surface area contributed by atoms with Gasteiger partial charge < -0.3 is 34.6 Å². The lowest BCUT2D eigenvalue weighted by molar-refractivity contribution is -0.0504. The van der Waals surface area contributed by atoms with Crippen molar-refractivity contribution >= 4 is 19.0 Å². The molecule has 2 aromatic heterocycles. The molecule has 2 aromatic rings. The summed E-state index contributed by atoms with van der Waals surface area (Å²) in [4.78, 5) is 29.3. The number of rotatable bonds is 7. The number of imidazole rings is 1. The van der Waals surface area contributed by atoms with Crippen molar-refractivity contribution < 1.29 is 43.7 Å². The Balaban J connectivity index is 1.89. The maximum atomic E-state index is 10.8. The number of ether oxygens (including phenoxy) is 2. The second kappa shape index (κ2) is 7.48. The standard InChI is InChI=1S/C13H17N4O9P/c1-2-3-24-13-15-10-7(11(20)16-13)14-5-17(10)12-9(19)8(18)6(26-12)4-25-27(21,22)23/h2,5-6,8-9,12,18-19H,1,3-4H2,(H,15,16,20)(H2,21,22,23)/t6-,8-,9-,12-/m1/s1. The van der Waals surface area contributed by atoms with Gasteiger partial charge in [-0.15, -0.1) is 0 Å². The van der Waals surface area contributed by atoms with Crippen LogP contribution in [0.4, 0.5) is 0 Å². The molecule has 1 aliphatic rings. The molecule has 0 bridgehead atoms. The number of aromatic nitrogens is 4. The van der Waals surface area contributed by atoms with Crippen LogP contribution in [0.25, 0.3) is 11.2 Å². The number of phosphoric acid groups is 1. The van der Waals surface area contributed by atoms with E-state index >= 15 is 0 Å². The Hall–Kier alpha value is -2.12. The van der Waals surface area contributed by atoms with E-state index in [4.69, 9.17) is 19.3 Å². The summed E-state index contributed by atoms with van der Waals surface area (Å²) in [5, 5.41) is 30.3. The van der Waals surface area contributed by atoms with Crippen LogP contribution in [0.2, 0.25) is 0 Å². The highest BCUT2D eigenvalue weighted by Crippen LogP contribution is 2.39. The van der Waals surface area contributed by atoms with Crippen LogP contribution in [0, 0.1) is 0 Å². The maximum Gasteiger partial charge on any atom is 0.469 e. The number of phosphoric ester groups is 1. The van der Waals surface area contributed by atoms with Crippen LogP contribution >= 0.6 is 7.82 Å². The summed E-state index contributed by atoms with van der Waals surface area (Å²) in [5.74, 6) is -0.466. The predicted octanol–water partition coefficient (Wildman–Crippen LogP) is -1.17. The second-order valence-electron chi connectivity index (χ2n) is 5.59. The van der Waals surface area contributed by atoms with E-state index in [1.54, 1.807) is 0 Å². The third kappa shape index (κ3) is 4.09. The Bertz CT molecular complexity index is 884. The van der Waals surface area contributed by atoms with Crippen LogP contribution in [0.15, 0.2) is 19.0 Å². The average Bonchev–Trinajstić information content (AvgIpc) is 3.13. The fourth-order valence-corrected chi connectivity index (χ4v) is 2.87. The Kier molecular flexibility index (Phi) is 5.44.